The van der Waals surface area contributed by atoms with Crippen molar-refractivity contribution in [2.24, 2.45) is 0 Å². The highest BCUT2D eigenvalue weighted by Crippen LogP contribution is 2.46. The predicted octanol–water partition coefficient (Wildman–Crippen LogP) is 4.21. The summed E-state index contributed by atoms with van der Waals surface area (Å²) in [4.78, 5) is 22.2. The minimum absolute atomic E-state index is 0.0670. The maximum absolute atomic E-state index is 15.6. The first-order chi connectivity index (χ1) is 19.9. The monoisotopic (exact) mass is 553 g/mol. The quantitative estimate of drug-likeness (QED) is 0.284. The van der Waals surface area contributed by atoms with Crippen LogP contribution in [-0.2, 0) is 0 Å². The molecule has 12 heteroatoms. The Labute approximate surface area is 235 Å². The third kappa shape index (κ3) is 4.50. The molecular weight excluding hydrogens is 525 g/mol. The number of hydrogen-bond acceptors (Lipinski definition) is 10. The van der Waals surface area contributed by atoms with Crippen molar-refractivity contribution in [1.82, 2.24) is 34.4 Å². The standard InChI is InChI=1S/C29H28FN9O2/c1-3-25(40)38-13-12-37(15-29(38)9-10-29)23-7-5-21-27(36-23)28(33-16-31-21)35-20-4-6-22(18(2)26(20)30)41-19-8-11-39-24(14-19)32-17-34-39/h3-8,11,14,16-17,25,40H,1,9-10,12-13,15H2,2H3,(H,31,33,35). The van der Waals surface area contributed by atoms with E-state index >= 15 is 4.39 Å². The van der Waals surface area contributed by atoms with Gasteiger partial charge in [-0.05, 0) is 56.2 Å². The van der Waals surface area contributed by atoms with Crippen LogP contribution in [0.1, 0.15) is 18.4 Å². The third-order valence-corrected chi connectivity index (χ3v) is 7.92. The Morgan fingerprint density at radius 3 is 2.83 bits per heavy atom. The fourth-order valence-corrected chi connectivity index (χ4v) is 5.50. The average Bonchev–Trinajstić information content (AvgIpc) is 3.59. The molecule has 1 aliphatic carbocycles. The van der Waals surface area contributed by atoms with E-state index in [0.717, 1.165) is 25.2 Å². The molecule has 1 unspecified atom stereocenters. The Morgan fingerprint density at radius 1 is 1.12 bits per heavy atom. The number of hydrogen-bond donors (Lipinski definition) is 2. The molecule has 1 saturated carbocycles. The number of anilines is 3. The zero-order valence-electron chi connectivity index (χ0n) is 22.4. The molecular formula is C29H28FN9O2. The van der Waals surface area contributed by atoms with Crippen molar-refractivity contribution in [1.29, 1.82) is 0 Å². The molecule has 208 valence electrons. The van der Waals surface area contributed by atoms with Gasteiger partial charge in [-0.2, -0.15) is 5.10 Å². The lowest BCUT2D eigenvalue weighted by Gasteiger charge is -2.44. The number of benzene rings is 1. The van der Waals surface area contributed by atoms with E-state index in [1.807, 2.05) is 12.1 Å². The first kappa shape index (κ1) is 25.3. The number of aliphatic hydroxyl groups excluding tert-OH is 1. The van der Waals surface area contributed by atoms with Crippen LogP contribution in [0.3, 0.4) is 0 Å². The summed E-state index contributed by atoms with van der Waals surface area (Å²) in [6.07, 6.45) is 7.59. The highest BCUT2D eigenvalue weighted by Gasteiger charge is 2.53. The van der Waals surface area contributed by atoms with E-state index < -0.39 is 12.0 Å². The molecule has 0 radical (unpaired) electrons. The molecule has 0 amide bonds. The number of rotatable bonds is 7. The molecule has 2 aliphatic rings. The van der Waals surface area contributed by atoms with Gasteiger partial charge < -0.3 is 20.1 Å². The van der Waals surface area contributed by atoms with Crippen LogP contribution in [0.5, 0.6) is 11.5 Å². The molecule has 2 N–H and O–H groups in total. The van der Waals surface area contributed by atoms with Crippen molar-refractivity contribution >= 4 is 34.0 Å². The lowest BCUT2D eigenvalue weighted by Crippen LogP contribution is -2.58. The lowest BCUT2D eigenvalue weighted by atomic mass is 10.1. The Hall–Kier alpha value is -4.68. The summed E-state index contributed by atoms with van der Waals surface area (Å²) in [5.41, 5.74) is 2.35. The molecule has 2 fully saturated rings. The zero-order chi connectivity index (χ0) is 28.1. The Balaban J connectivity index is 1.14. The maximum Gasteiger partial charge on any atom is 0.160 e. The average molecular weight is 554 g/mol. The number of piperazine rings is 1. The van der Waals surface area contributed by atoms with E-state index in [1.165, 1.54) is 12.7 Å². The van der Waals surface area contributed by atoms with Gasteiger partial charge in [-0.15, -0.1) is 0 Å². The summed E-state index contributed by atoms with van der Waals surface area (Å²) in [6, 6.07) is 10.7. The van der Waals surface area contributed by atoms with Crippen molar-refractivity contribution < 1.29 is 14.2 Å². The van der Waals surface area contributed by atoms with Crippen molar-refractivity contribution in [3.63, 3.8) is 0 Å². The smallest absolute Gasteiger partial charge is 0.160 e. The van der Waals surface area contributed by atoms with Crippen LogP contribution in [0.4, 0.5) is 21.7 Å². The Bertz CT molecular complexity index is 1790. The number of ether oxygens (including phenoxy) is 1. The molecule has 1 aliphatic heterocycles. The predicted molar refractivity (Wildman–Crippen MR) is 152 cm³/mol. The van der Waals surface area contributed by atoms with Crippen molar-refractivity contribution in [3.05, 3.63) is 79.3 Å². The molecule has 5 heterocycles. The molecule has 1 aromatic carbocycles. The van der Waals surface area contributed by atoms with Gasteiger partial charge in [0.2, 0.25) is 0 Å². The van der Waals surface area contributed by atoms with E-state index in [1.54, 1.807) is 48.0 Å². The van der Waals surface area contributed by atoms with Crippen molar-refractivity contribution in [2.75, 3.05) is 29.9 Å². The van der Waals surface area contributed by atoms with Crippen LogP contribution in [0.25, 0.3) is 16.7 Å². The topological polar surface area (TPSA) is 117 Å². The summed E-state index contributed by atoms with van der Waals surface area (Å²) >= 11 is 0. The van der Waals surface area contributed by atoms with Crippen LogP contribution in [0.15, 0.2) is 67.9 Å². The second kappa shape index (κ2) is 9.75. The molecule has 4 aromatic heterocycles. The number of nitrogens with zero attached hydrogens (tertiary/aromatic N) is 8. The molecule has 1 atom stereocenters. The number of nitrogens with one attached hydrogen (secondary N) is 1. The zero-order valence-corrected chi connectivity index (χ0v) is 22.4. The summed E-state index contributed by atoms with van der Waals surface area (Å²) < 4.78 is 23.2. The molecule has 1 saturated heterocycles. The molecule has 1 spiro atoms. The van der Waals surface area contributed by atoms with Crippen molar-refractivity contribution in [2.45, 2.75) is 31.5 Å². The van der Waals surface area contributed by atoms with E-state index in [0.29, 0.717) is 52.7 Å². The first-order valence-electron chi connectivity index (χ1n) is 13.4. The van der Waals surface area contributed by atoms with Gasteiger partial charge >= 0.3 is 0 Å². The van der Waals surface area contributed by atoms with E-state index in [9.17, 15) is 5.11 Å². The van der Waals surface area contributed by atoms with Crippen LogP contribution < -0.4 is 15.0 Å². The van der Waals surface area contributed by atoms with Gasteiger partial charge in [0.15, 0.2) is 17.3 Å². The van der Waals surface area contributed by atoms with Gasteiger partial charge in [-0.3, -0.25) is 4.90 Å². The van der Waals surface area contributed by atoms with E-state index in [2.05, 4.69) is 41.7 Å². The number of aromatic nitrogens is 6. The summed E-state index contributed by atoms with van der Waals surface area (Å²) in [5, 5.41) is 17.6. The number of fused-ring (bicyclic) bond motifs is 2. The van der Waals surface area contributed by atoms with Gasteiger partial charge in [0.1, 0.15) is 41.7 Å². The van der Waals surface area contributed by atoms with E-state index in [4.69, 9.17) is 9.72 Å². The van der Waals surface area contributed by atoms with Gasteiger partial charge in [0, 0.05) is 43.0 Å². The largest absolute Gasteiger partial charge is 0.457 e. The highest BCUT2D eigenvalue weighted by atomic mass is 19.1. The van der Waals surface area contributed by atoms with Crippen LogP contribution in [0, 0.1) is 12.7 Å². The number of aliphatic hydroxyl groups is 1. The summed E-state index contributed by atoms with van der Waals surface area (Å²) in [5.74, 6) is 1.66. The Morgan fingerprint density at radius 2 is 2.00 bits per heavy atom. The van der Waals surface area contributed by atoms with E-state index in [-0.39, 0.29) is 11.2 Å². The molecule has 5 aromatic rings. The third-order valence-electron chi connectivity index (χ3n) is 7.92. The molecule has 11 nitrogen and oxygen atoms in total. The fraction of sp³-hybridized carbons (Fsp3) is 0.276. The highest BCUT2D eigenvalue weighted by molar-refractivity contribution is 5.88. The van der Waals surface area contributed by atoms with Gasteiger partial charge in [-0.1, -0.05) is 6.58 Å². The molecule has 7 rings (SSSR count). The van der Waals surface area contributed by atoms with Gasteiger partial charge in [-0.25, -0.2) is 28.8 Å². The maximum atomic E-state index is 15.6. The Kier molecular flexibility index (Phi) is 6.02. The second-order valence-electron chi connectivity index (χ2n) is 10.5. The van der Waals surface area contributed by atoms with Gasteiger partial charge in [0.25, 0.3) is 0 Å². The SMILES string of the molecule is C=CC(O)N1CCN(c2ccc3ncnc(Nc4ccc(Oc5ccn6ncnc6c5)c(C)c4F)c3n2)CC12CC2. The number of halogens is 1. The van der Waals surface area contributed by atoms with Crippen LogP contribution in [0.2, 0.25) is 0 Å². The van der Waals surface area contributed by atoms with Gasteiger partial charge in [0.05, 0.1) is 11.2 Å². The van der Waals surface area contributed by atoms with Crippen molar-refractivity contribution in [3.8, 4) is 11.5 Å². The lowest BCUT2D eigenvalue weighted by molar-refractivity contribution is -0.00734. The fourth-order valence-electron chi connectivity index (χ4n) is 5.50. The minimum Gasteiger partial charge on any atom is -0.457 e. The first-order valence-corrected chi connectivity index (χ1v) is 13.4. The summed E-state index contributed by atoms with van der Waals surface area (Å²) in [6.45, 7) is 7.58. The second-order valence-corrected chi connectivity index (χ2v) is 10.5. The minimum atomic E-state index is -0.652. The van der Waals surface area contributed by atoms with Crippen LogP contribution in [-0.4, -0.2) is 71.0 Å². The van der Waals surface area contributed by atoms with Crippen LogP contribution >= 0.6 is 0 Å². The summed E-state index contributed by atoms with van der Waals surface area (Å²) in [7, 11) is 0. The molecule has 0 bridgehead atoms. The number of pyridine rings is 2. The normalized spacial score (nSPS) is 17.2. The molecule has 41 heavy (non-hydrogen) atoms.